The number of benzene rings is 2. The highest BCUT2D eigenvalue weighted by atomic mass is 16.4. The standard InChI is InChI=1S/C26H28N4O/c1-4-13-29(14-5-1)21-11-15-30(16-12-21)26-28-25-24(31-26)17-20(18-27-25)23-10-6-8-19-7-2-3-9-22(19)23/h2-3,6-10,17-18,21H,1,4-5,11-16H2. The molecule has 6 rings (SSSR count). The Hall–Kier alpha value is -2.92. The molecular formula is C26H28N4O. The summed E-state index contributed by atoms with van der Waals surface area (Å²) in [5, 5.41) is 2.46. The SMILES string of the molecule is c1ccc2c(-c3cnc4nc(N5CCC(N6CCCCC6)CC5)oc4c3)cccc2c1. The number of aromatic nitrogens is 2. The van der Waals surface area contributed by atoms with Crippen molar-refractivity contribution in [3.63, 3.8) is 0 Å². The number of hydrogen-bond donors (Lipinski definition) is 0. The first kappa shape index (κ1) is 18.8. The van der Waals surface area contributed by atoms with E-state index in [0.717, 1.165) is 36.3 Å². The molecule has 0 N–H and O–H groups in total. The van der Waals surface area contributed by atoms with Crippen LogP contribution < -0.4 is 4.90 Å². The van der Waals surface area contributed by atoms with Crippen molar-refractivity contribution in [1.82, 2.24) is 14.9 Å². The third-order valence-corrected chi connectivity index (χ3v) is 6.98. The number of pyridine rings is 1. The van der Waals surface area contributed by atoms with Crippen LogP contribution in [0.5, 0.6) is 0 Å². The van der Waals surface area contributed by atoms with Crippen molar-refractivity contribution in [2.45, 2.75) is 38.1 Å². The van der Waals surface area contributed by atoms with Crippen LogP contribution in [0.1, 0.15) is 32.1 Å². The van der Waals surface area contributed by atoms with Gasteiger partial charge in [0.2, 0.25) is 5.65 Å². The van der Waals surface area contributed by atoms with Gasteiger partial charge in [-0.2, -0.15) is 4.98 Å². The Balaban J connectivity index is 1.24. The van der Waals surface area contributed by atoms with Gasteiger partial charge in [-0.1, -0.05) is 48.9 Å². The summed E-state index contributed by atoms with van der Waals surface area (Å²) in [6.45, 7) is 4.55. The lowest BCUT2D eigenvalue weighted by Gasteiger charge is -2.39. The molecular weight excluding hydrogens is 384 g/mol. The smallest absolute Gasteiger partial charge is 0.299 e. The number of nitrogens with zero attached hydrogens (tertiary/aromatic N) is 4. The zero-order valence-electron chi connectivity index (χ0n) is 17.8. The van der Waals surface area contributed by atoms with E-state index in [4.69, 9.17) is 9.40 Å². The molecule has 0 bridgehead atoms. The average Bonchev–Trinajstić information content (AvgIpc) is 3.28. The zero-order chi connectivity index (χ0) is 20.6. The predicted octanol–water partition coefficient (Wildman–Crippen LogP) is 5.50. The van der Waals surface area contributed by atoms with Crippen LogP contribution in [0.15, 0.2) is 59.1 Å². The molecule has 2 saturated heterocycles. The maximum Gasteiger partial charge on any atom is 0.299 e. The van der Waals surface area contributed by atoms with Crippen LogP contribution in [-0.2, 0) is 0 Å². The van der Waals surface area contributed by atoms with Crippen molar-refractivity contribution >= 4 is 28.0 Å². The molecule has 2 fully saturated rings. The Labute approximate surface area is 182 Å². The van der Waals surface area contributed by atoms with Crippen molar-refractivity contribution in [2.75, 3.05) is 31.1 Å². The molecule has 5 nitrogen and oxygen atoms in total. The van der Waals surface area contributed by atoms with Gasteiger partial charge >= 0.3 is 0 Å². The van der Waals surface area contributed by atoms with Crippen molar-refractivity contribution in [1.29, 1.82) is 0 Å². The van der Waals surface area contributed by atoms with E-state index < -0.39 is 0 Å². The van der Waals surface area contributed by atoms with Crippen LogP contribution in [-0.4, -0.2) is 47.1 Å². The fourth-order valence-electron chi connectivity index (χ4n) is 5.27. The molecule has 158 valence electrons. The second-order valence-electron chi connectivity index (χ2n) is 8.88. The van der Waals surface area contributed by atoms with Gasteiger partial charge in [0, 0.05) is 30.9 Å². The highest BCUT2D eigenvalue weighted by Crippen LogP contribution is 2.32. The maximum atomic E-state index is 6.20. The lowest BCUT2D eigenvalue weighted by molar-refractivity contribution is 0.140. The second-order valence-corrected chi connectivity index (χ2v) is 8.88. The van der Waals surface area contributed by atoms with Crippen LogP contribution in [0, 0.1) is 0 Å². The van der Waals surface area contributed by atoms with Crippen molar-refractivity contribution in [3.05, 3.63) is 54.7 Å². The summed E-state index contributed by atoms with van der Waals surface area (Å²) >= 11 is 0. The summed E-state index contributed by atoms with van der Waals surface area (Å²) in [6.07, 6.45) is 8.40. The summed E-state index contributed by atoms with van der Waals surface area (Å²) in [4.78, 5) is 14.3. The van der Waals surface area contributed by atoms with Crippen LogP contribution in [0.25, 0.3) is 33.1 Å². The molecule has 0 unspecified atom stereocenters. The van der Waals surface area contributed by atoms with E-state index in [0.29, 0.717) is 5.65 Å². The van der Waals surface area contributed by atoms with Gasteiger partial charge in [0.1, 0.15) is 0 Å². The minimum absolute atomic E-state index is 0.692. The van der Waals surface area contributed by atoms with Gasteiger partial charge < -0.3 is 14.2 Å². The highest BCUT2D eigenvalue weighted by Gasteiger charge is 2.27. The van der Waals surface area contributed by atoms with E-state index in [2.05, 4.69) is 63.3 Å². The van der Waals surface area contributed by atoms with Gasteiger partial charge in [0.15, 0.2) is 5.58 Å². The van der Waals surface area contributed by atoms with Crippen molar-refractivity contribution < 1.29 is 4.42 Å². The van der Waals surface area contributed by atoms with Crippen LogP contribution in [0.2, 0.25) is 0 Å². The van der Waals surface area contributed by atoms with E-state index in [-0.39, 0.29) is 0 Å². The lowest BCUT2D eigenvalue weighted by Crippen LogP contribution is -2.46. The van der Waals surface area contributed by atoms with Gasteiger partial charge in [0.05, 0.1) is 0 Å². The quantitative estimate of drug-likeness (QED) is 0.445. The number of rotatable bonds is 3. The molecule has 0 aliphatic carbocycles. The Morgan fingerprint density at radius 1 is 0.871 bits per heavy atom. The monoisotopic (exact) mass is 412 g/mol. The summed E-state index contributed by atoms with van der Waals surface area (Å²) in [5.41, 5.74) is 3.69. The first-order chi connectivity index (χ1) is 15.3. The van der Waals surface area contributed by atoms with Gasteiger partial charge in [-0.25, -0.2) is 4.98 Å². The molecule has 2 aromatic carbocycles. The molecule has 0 amide bonds. The molecule has 4 heterocycles. The van der Waals surface area contributed by atoms with Crippen LogP contribution in [0.4, 0.5) is 6.01 Å². The molecule has 2 aromatic heterocycles. The predicted molar refractivity (Wildman–Crippen MR) is 125 cm³/mol. The van der Waals surface area contributed by atoms with E-state index in [9.17, 15) is 0 Å². The number of hydrogen-bond acceptors (Lipinski definition) is 5. The normalized spacial score (nSPS) is 18.8. The van der Waals surface area contributed by atoms with Crippen LogP contribution >= 0.6 is 0 Å². The number of oxazole rings is 1. The molecule has 5 heteroatoms. The van der Waals surface area contributed by atoms with E-state index in [1.165, 1.54) is 61.5 Å². The van der Waals surface area contributed by atoms with Crippen molar-refractivity contribution in [2.24, 2.45) is 0 Å². The molecule has 2 aliphatic rings. The summed E-state index contributed by atoms with van der Waals surface area (Å²) in [5.74, 6) is 0. The molecule has 4 aromatic rings. The van der Waals surface area contributed by atoms with Crippen molar-refractivity contribution in [3.8, 4) is 11.1 Å². The van der Waals surface area contributed by atoms with Crippen LogP contribution in [0.3, 0.4) is 0 Å². The number of fused-ring (bicyclic) bond motifs is 2. The number of piperidine rings is 2. The Bertz CT molecular complexity index is 1200. The summed E-state index contributed by atoms with van der Waals surface area (Å²) in [7, 11) is 0. The first-order valence-corrected chi connectivity index (χ1v) is 11.6. The van der Waals surface area contributed by atoms with Gasteiger partial charge in [-0.3, -0.25) is 0 Å². The number of likely N-dealkylation sites (tertiary alicyclic amines) is 1. The molecule has 0 spiro atoms. The Kier molecular flexibility index (Phi) is 4.84. The minimum Gasteiger partial charge on any atom is -0.422 e. The topological polar surface area (TPSA) is 45.4 Å². The maximum absolute atomic E-state index is 6.20. The zero-order valence-corrected chi connectivity index (χ0v) is 17.8. The Morgan fingerprint density at radius 2 is 1.68 bits per heavy atom. The third kappa shape index (κ3) is 3.57. The summed E-state index contributed by atoms with van der Waals surface area (Å²) < 4.78 is 6.20. The minimum atomic E-state index is 0.692. The highest BCUT2D eigenvalue weighted by molar-refractivity contribution is 5.97. The molecule has 0 radical (unpaired) electrons. The van der Waals surface area contributed by atoms with E-state index >= 15 is 0 Å². The van der Waals surface area contributed by atoms with Gasteiger partial charge in [0.25, 0.3) is 6.01 Å². The van der Waals surface area contributed by atoms with Gasteiger partial charge in [-0.15, -0.1) is 0 Å². The average molecular weight is 413 g/mol. The first-order valence-electron chi connectivity index (χ1n) is 11.6. The molecule has 2 aliphatic heterocycles. The fourth-order valence-corrected chi connectivity index (χ4v) is 5.27. The molecule has 0 saturated carbocycles. The van der Waals surface area contributed by atoms with E-state index in [1.807, 2.05) is 6.20 Å². The molecule has 0 atom stereocenters. The van der Waals surface area contributed by atoms with Gasteiger partial charge in [-0.05, 0) is 61.2 Å². The molecule has 31 heavy (non-hydrogen) atoms. The lowest BCUT2D eigenvalue weighted by atomic mass is 9.99. The Morgan fingerprint density at radius 3 is 2.55 bits per heavy atom. The second kappa shape index (κ2) is 7.97. The fraction of sp³-hybridized carbons (Fsp3) is 0.385. The number of anilines is 1. The largest absolute Gasteiger partial charge is 0.422 e. The third-order valence-electron chi connectivity index (χ3n) is 6.98. The van der Waals surface area contributed by atoms with E-state index in [1.54, 1.807) is 0 Å². The summed E-state index contributed by atoms with van der Waals surface area (Å²) in [6, 6.07) is 18.4.